The summed E-state index contributed by atoms with van der Waals surface area (Å²) in [5.74, 6) is -0.379. The Morgan fingerprint density at radius 1 is 0.963 bits per heavy atom. The SMILES string of the molecule is CCCCCCCCC(=O)Nc1sc2ccccc2c1C(=O)OCCCC. The number of esters is 1. The van der Waals surface area contributed by atoms with Gasteiger partial charge in [0.2, 0.25) is 5.91 Å². The van der Waals surface area contributed by atoms with E-state index in [9.17, 15) is 9.59 Å². The molecule has 0 bridgehead atoms. The van der Waals surface area contributed by atoms with Crippen molar-refractivity contribution in [1.82, 2.24) is 0 Å². The Hall–Kier alpha value is -1.88. The van der Waals surface area contributed by atoms with Crippen LogP contribution in [0.1, 0.15) is 82.0 Å². The number of anilines is 1. The van der Waals surface area contributed by atoms with Gasteiger partial charge in [0, 0.05) is 16.5 Å². The molecule has 1 heterocycles. The monoisotopic (exact) mass is 389 g/mol. The third-order valence-electron chi connectivity index (χ3n) is 4.54. The molecule has 2 rings (SSSR count). The van der Waals surface area contributed by atoms with Gasteiger partial charge in [-0.2, -0.15) is 0 Å². The Morgan fingerprint density at radius 3 is 2.44 bits per heavy atom. The van der Waals surface area contributed by atoms with E-state index in [-0.39, 0.29) is 11.9 Å². The zero-order valence-electron chi connectivity index (χ0n) is 16.5. The topological polar surface area (TPSA) is 55.4 Å². The summed E-state index contributed by atoms with van der Waals surface area (Å²) in [5.41, 5.74) is 0.489. The number of nitrogens with one attached hydrogen (secondary N) is 1. The first-order valence-corrected chi connectivity index (χ1v) is 11.0. The molecule has 1 amide bonds. The maximum absolute atomic E-state index is 12.6. The summed E-state index contributed by atoms with van der Waals surface area (Å²) in [6.45, 7) is 4.66. The molecule has 27 heavy (non-hydrogen) atoms. The average molecular weight is 390 g/mol. The molecule has 0 radical (unpaired) electrons. The van der Waals surface area contributed by atoms with E-state index in [4.69, 9.17) is 4.74 Å². The van der Waals surface area contributed by atoms with Crippen molar-refractivity contribution in [3.63, 3.8) is 0 Å². The van der Waals surface area contributed by atoms with Crippen LogP contribution in [-0.2, 0) is 9.53 Å². The number of hydrogen-bond donors (Lipinski definition) is 1. The maximum atomic E-state index is 12.6. The summed E-state index contributed by atoms with van der Waals surface area (Å²) in [4.78, 5) is 24.9. The van der Waals surface area contributed by atoms with E-state index in [1.54, 1.807) is 0 Å². The highest BCUT2D eigenvalue weighted by Gasteiger charge is 2.21. The number of thiophene rings is 1. The van der Waals surface area contributed by atoms with Crippen LogP contribution >= 0.6 is 11.3 Å². The maximum Gasteiger partial charge on any atom is 0.341 e. The number of carbonyl (C=O) groups excluding carboxylic acids is 2. The number of ether oxygens (including phenoxy) is 1. The van der Waals surface area contributed by atoms with Crippen LogP contribution in [0.25, 0.3) is 10.1 Å². The van der Waals surface area contributed by atoms with Crippen LogP contribution in [0.2, 0.25) is 0 Å². The Balaban J connectivity index is 2.00. The molecule has 2 aromatic rings. The molecule has 4 nitrogen and oxygen atoms in total. The lowest BCUT2D eigenvalue weighted by Gasteiger charge is -2.07. The highest BCUT2D eigenvalue weighted by molar-refractivity contribution is 7.23. The van der Waals surface area contributed by atoms with Crippen LogP contribution in [0, 0.1) is 0 Å². The number of amides is 1. The molecule has 148 valence electrons. The minimum atomic E-state index is -0.351. The van der Waals surface area contributed by atoms with Gasteiger partial charge in [0.1, 0.15) is 10.6 Å². The van der Waals surface area contributed by atoms with Crippen molar-refractivity contribution in [2.45, 2.75) is 71.6 Å². The summed E-state index contributed by atoms with van der Waals surface area (Å²) in [6.07, 6.45) is 9.17. The van der Waals surface area contributed by atoms with Gasteiger partial charge in [-0.3, -0.25) is 4.79 Å². The highest BCUT2D eigenvalue weighted by Crippen LogP contribution is 2.36. The van der Waals surface area contributed by atoms with Gasteiger partial charge in [0.05, 0.1) is 6.61 Å². The van der Waals surface area contributed by atoms with Crippen LogP contribution in [0.15, 0.2) is 24.3 Å². The number of fused-ring (bicyclic) bond motifs is 1. The zero-order chi connectivity index (χ0) is 19.5. The normalized spacial score (nSPS) is 10.9. The Kier molecular flexibility index (Phi) is 9.32. The fraction of sp³-hybridized carbons (Fsp3) is 0.545. The lowest BCUT2D eigenvalue weighted by molar-refractivity contribution is -0.116. The summed E-state index contributed by atoms with van der Waals surface area (Å²) in [7, 11) is 0. The fourth-order valence-corrected chi connectivity index (χ4v) is 4.08. The molecule has 1 aromatic carbocycles. The van der Waals surface area contributed by atoms with E-state index < -0.39 is 0 Å². The largest absolute Gasteiger partial charge is 0.462 e. The second-order valence-electron chi connectivity index (χ2n) is 6.86. The molecule has 0 spiro atoms. The summed E-state index contributed by atoms with van der Waals surface area (Å²) in [5, 5.41) is 4.40. The molecular formula is C22H31NO3S. The molecule has 0 aliphatic rings. The molecule has 1 N–H and O–H groups in total. The van der Waals surface area contributed by atoms with Gasteiger partial charge in [-0.25, -0.2) is 4.79 Å². The van der Waals surface area contributed by atoms with E-state index in [1.807, 2.05) is 24.3 Å². The lowest BCUT2D eigenvalue weighted by atomic mass is 10.1. The van der Waals surface area contributed by atoms with Gasteiger partial charge in [-0.1, -0.05) is 70.6 Å². The summed E-state index contributed by atoms with van der Waals surface area (Å²) < 4.78 is 6.39. The summed E-state index contributed by atoms with van der Waals surface area (Å²) >= 11 is 1.44. The van der Waals surface area contributed by atoms with Crippen molar-refractivity contribution in [1.29, 1.82) is 0 Å². The van der Waals surface area contributed by atoms with Crippen molar-refractivity contribution in [3.8, 4) is 0 Å². The number of hydrogen-bond acceptors (Lipinski definition) is 4. The average Bonchev–Trinajstić information content (AvgIpc) is 3.02. The molecule has 0 aliphatic carbocycles. The number of unbranched alkanes of at least 4 members (excludes halogenated alkanes) is 6. The van der Waals surface area contributed by atoms with Gasteiger partial charge in [-0.05, 0) is 18.9 Å². The van der Waals surface area contributed by atoms with Gasteiger partial charge < -0.3 is 10.1 Å². The smallest absolute Gasteiger partial charge is 0.341 e. The number of rotatable bonds is 12. The van der Waals surface area contributed by atoms with Gasteiger partial charge >= 0.3 is 5.97 Å². The molecule has 0 aliphatic heterocycles. The molecule has 0 saturated carbocycles. The zero-order valence-corrected chi connectivity index (χ0v) is 17.3. The van der Waals surface area contributed by atoms with Crippen molar-refractivity contribution in [2.24, 2.45) is 0 Å². The predicted molar refractivity (Wildman–Crippen MR) is 114 cm³/mol. The molecule has 0 atom stereocenters. The third kappa shape index (κ3) is 6.65. The van der Waals surface area contributed by atoms with E-state index in [1.165, 1.54) is 37.0 Å². The first kappa shape index (κ1) is 21.4. The van der Waals surface area contributed by atoms with Crippen molar-refractivity contribution >= 4 is 38.3 Å². The molecular weight excluding hydrogens is 358 g/mol. The van der Waals surface area contributed by atoms with Gasteiger partial charge in [-0.15, -0.1) is 11.3 Å². The van der Waals surface area contributed by atoms with Crippen molar-refractivity contribution < 1.29 is 14.3 Å². The molecule has 0 unspecified atom stereocenters. The van der Waals surface area contributed by atoms with Crippen LogP contribution in [0.5, 0.6) is 0 Å². The first-order valence-electron chi connectivity index (χ1n) is 10.2. The van der Waals surface area contributed by atoms with Crippen molar-refractivity contribution in [3.05, 3.63) is 29.8 Å². The van der Waals surface area contributed by atoms with E-state index in [0.717, 1.165) is 35.8 Å². The second kappa shape index (κ2) is 11.8. The van der Waals surface area contributed by atoms with Crippen LogP contribution in [-0.4, -0.2) is 18.5 Å². The Bertz CT molecular complexity index is 738. The summed E-state index contributed by atoms with van der Waals surface area (Å²) in [6, 6.07) is 7.71. The van der Waals surface area contributed by atoms with E-state index >= 15 is 0 Å². The predicted octanol–water partition coefficient (Wildman–Crippen LogP) is 6.55. The first-order chi connectivity index (χ1) is 13.2. The molecule has 1 aromatic heterocycles. The Labute approximate surface area is 166 Å². The third-order valence-corrected chi connectivity index (χ3v) is 5.63. The van der Waals surface area contributed by atoms with E-state index in [0.29, 0.717) is 23.6 Å². The Morgan fingerprint density at radius 2 is 1.67 bits per heavy atom. The highest BCUT2D eigenvalue weighted by atomic mass is 32.1. The lowest BCUT2D eigenvalue weighted by Crippen LogP contribution is -2.14. The fourth-order valence-electron chi connectivity index (χ4n) is 2.97. The van der Waals surface area contributed by atoms with Gasteiger partial charge in [0.15, 0.2) is 0 Å². The molecule has 5 heteroatoms. The van der Waals surface area contributed by atoms with Crippen LogP contribution < -0.4 is 5.32 Å². The minimum absolute atomic E-state index is 0.0281. The number of carbonyl (C=O) groups is 2. The molecule has 0 fully saturated rings. The molecule has 0 saturated heterocycles. The standard InChI is InChI=1S/C22H31NO3S/c1-3-5-7-8-9-10-15-19(24)23-21-20(22(25)26-16-6-4-2)17-13-11-12-14-18(17)27-21/h11-14H,3-10,15-16H2,1-2H3,(H,23,24). The van der Waals surface area contributed by atoms with Crippen LogP contribution in [0.3, 0.4) is 0 Å². The number of benzene rings is 1. The second-order valence-corrected chi connectivity index (χ2v) is 7.91. The quantitative estimate of drug-likeness (QED) is 0.331. The van der Waals surface area contributed by atoms with Crippen molar-refractivity contribution in [2.75, 3.05) is 11.9 Å². The minimum Gasteiger partial charge on any atom is -0.462 e. The van der Waals surface area contributed by atoms with Crippen LogP contribution in [0.4, 0.5) is 5.00 Å². The van der Waals surface area contributed by atoms with E-state index in [2.05, 4.69) is 19.2 Å². The van der Waals surface area contributed by atoms with Gasteiger partial charge in [0.25, 0.3) is 0 Å².